The molecule has 72 valence electrons. The van der Waals surface area contributed by atoms with Crippen LogP contribution in [0.25, 0.3) is 0 Å². The topological polar surface area (TPSA) is 87.0 Å². The number of carbonyl (C=O) groups is 2. The maximum atomic E-state index is 11.1. The number of aliphatic hydroxyl groups is 1. The maximum absolute atomic E-state index is 11.1. The molecule has 1 aliphatic carbocycles. The average molecular weight is 193 g/mol. The molecule has 2 N–H and O–H groups in total. The Kier molecular flexibility index (Phi) is 1.82. The third-order valence-electron chi connectivity index (χ3n) is 2.11. The van der Waals surface area contributed by atoms with Gasteiger partial charge in [-0.25, -0.2) is 9.79 Å². The fourth-order valence-corrected chi connectivity index (χ4v) is 1.40. The van der Waals surface area contributed by atoms with E-state index in [1.54, 1.807) is 0 Å². The number of hydrogen-bond acceptors (Lipinski definition) is 4. The number of aliphatic carboxylic acids is 1. The number of carboxylic acid groups (broad SMARTS) is 1. The molecule has 1 heterocycles. The molecule has 2 rings (SSSR count). The first-order valence-electron chi connectivity index (χ1n) is 4.04. The van der Waals surface area contributed by atoms with Gasteiger partial charge in [0.2, 0.25) is 0 Å². The lowest BCUT2D eigenvalue weighted by molar-refractivity contribution is -0.132. The predicted molar refractivity (Wildman–Crippen MR) is 46.9 cm³/mol. The lowest BCUT2D eigenvalue weighted by Gasteiger charge is -2.13. The van der Waals surface area contributed by atoms with Crippen LogP contribution >= 0.6 is 0 Å². The van der Waals surface area contributed by atoms with Gasteiger partial charge in [-0.3, -0.25) is 4.79 Å². The van der Waals surface area contributed by atoms with Crippen LogP contribution in [0.5, 0.6) is 0 Å². The second-order valence-electron chi connectivity index (χ2n) is 3.12. The summed E-state index contributed by atoms with van der Waals surface area (Å²) in [6.07, 6.45) is 1.57. The maximum Gasteiger partial charge on any atom is 0.354 e. The van der Waals surface area contributed by atoms with E-state index >= 15 is 0 Å². The van der Waals surface area contributed by atoms with Crippen LogP contribution in [0.1, 0.15) is 6.42 Å². The van der Waals surface area contributed by atoms with Gasteiger partial charge in [0.05, 0.1) is 5.71 Å². The molecule has 14 heavy (non-hydrogen) atoms. The zero-order chi connectivity index (χ0) is 10.3. The van der Waals surface area contributed by atoms with Gasteiger partial charge in [-0.15, -0.1) is 0 Å². The number of aliphatic imine (C=N–C) groups is 1. The Balaban J connectivity index is 2.39. The Bertz CT molecular complexity index is 417. The van der Waals surface area contributed by atoms with Crippen molar-refractivity contribution in [3.05, 3.63) is 23.4 Å². The summed E-state index contributed by atoms with van der Waals surface area (Å²) in [6, 6.07) is 0. The molecule has 1 aliphatic heterocycles. The van der Waals surface area contributed by atoms with Crippen LogP contribution in [0.15, 0.2) is 28.4 Å². The predicted octanol–water partition coefficient (Wildman–Crippen LogP) is -0.330. The molecule has 5 nitrogen and oxygen atoms in total. The minimum absolute atomic E-state index is 0.0897. The highest BCUT2D eigenvalue weighted by Crippen LogP contribution is 2.23. The summed E-state index contributed by atoms with van der Waals surface area (Å²) in [5.74, 6) is -1.53. The monoisotopic (exact) mass is 193 g/mol. The minimum Gasteiger partial charge on any atom is -0.477 e. The van der Waals surface area contributed by atoms with Crippen molar-refractivity contribution in [1.29, 1.82) is 0 Å². The average Bonchev–Trinajstić information content (AvgIpc) is 2.48. The van der Waals surface area contributed by atoms with E-state index in [-0.39, 0.29) is 12.1 Å². The Hall–Kier alpha value is -1.75. The van der Waals surface area contributed by atoms with Gasteiger partial charge in [0, 0.05) is 12.0 Å². The van der Waals surface area contributed by atoms with E-state index in [4.69, 9.17) is 5.11 Å². The zero-order valence-electron chi connectivity index (χ0n) is 7.10. The molecule has 0 aromatic carbocycles. The molecule has 0 spiro atoms. The normalized spacial score (nSPS) is 25.1. The molecular weight excluding hydrogens is 186 g/mol. The van der Waals surface area contributed by atoms with Gasteiger partial charge in [0.25, 0.3) is 0 Å². The van der Waals surface area contributed by atoms with Gasteiger partial charge in [0.15, 0.2) is 5.78 Å². The van der Waals surface area contributed by atoms with Crippen LogP contribution in [0, 0.1) is 0 Å². The van der Waals surface area contributed by atoms with Crippen LogP contribution in [0.4, 0.5) is 0 Å². The highest BCUT2D eigenvalue weighted by Gasteiger charge is 2.28. The van der Waals surface area contributed by atoms with E-state index in [9.17, 15) is 14.7 Å². The van der Waals surface area contributed by atoms with Gasteiger partial charge in [-0.05, 0) is 12.2 Å². The van der Waals surface area contributed by atoms with Crippen LogP contribution in [0.2, 0.25) is 0 Å². The van der Waals surface area contributed by atoms with Crippen molar-refractivity contribution in [2.24, 2.45) is 4.99 Å². The molecule has 0 aromatic rings. The highest BCUT2D eigenvalue weighted by molar-refractivity contribution is 6.18. The smallest absolute Gasteiger partial charge is 0.354 e. The Morgan fingerprint density at radius 2 is 2.21 bits per heavy atom. The van der Waals surface area contributed by atoms with Gasteiger partial charge in [-0.2, -0.15) is 0 Å². The fourth-order valence-electron chi connectivity index (χ4n) is 1.40. The molecule has 0 aromatic heterocycles. The number of ketones is 1. The third-order valence-corrected chi connectivity index (χ3v) is 2.11. The summed E-state index contributed by atoms with van der Waals surface area (Å²) in [6.45, 7) is 0. The molecule has 0 bridgehead atoms. The molecule has 0 amide bonds. The van der Waals surface area contributed by atoms with E-state index in [0.717, 1.165) is 0 Å². The van der Waals surface area contributed by atoms with E-state index in [0.29, 0.717) is 11.3 Å². The molecule has 0 radical (unpaired) electrons. The molecule has 2 aliphatic rings. The summed E-state index contributed by atoms with van der Waals surface area (Å²) in [5.41, 5.74) is 0.875. The molecule has 0 saturated carbocycles. The van der Waals surface area contributed by atoms with Crippen LogP contribution < -0.4 is 0 Å². The van der Waals surface area contributed by atoms with E-state index in [1.807, 2.05) is 0 Å². The van der Waals surface area contributed by atoms with E-state index in [1.165, 1.54) is 12.2 Å². The number of aliphatic hydroxyl groups excluding tert-OH is 1. The lowest BCUT2D eigenvalue weighted by Crippen LogP contribution is -2.27. The number of carbonyl (C=O) groups excluding carboxylic acids is 1. The summed E-state index contributed by atoms with van der Waals surface area (Å²) in [5, 5.41) is 17.8. The highest BCUT2D eigenvalue weighted by atomic mass is 16.4. The first-order valence-corrected chi connectivity index (χ1v) is 4.04. The number of hydrogen-bond donors (Lipinski definition) is 2. The van der Waals surface area contributed by atoms with E-state index < -0.39 is 17.9 Å². The zero-order valence-corrected chi connectivity index (χ0v) is 7.10. The van der Waals surface area contributed by atoms with Crippen LogP contribution in [-0.4, -0.2) is 33.8 Å². The minimum atomic E-state index is -1.13. The van der Waals surface area contributed by atoms with Gasteiger partial charge < -0.3 is 10.2 Å². The number of nitrogens with zero attached hydrogens (tertiary/aromatic N) is 1. The SMILES string of the molecule is O=C(O)C1=CC2=CC(=O)C(O)CC2=N1. The summed E-state index contributed by atoms with van der Waals surface area (Å²) in [7, 11) is 0. The first kappa shape index (κ1) is 8.83. The van der Waals surface area contributed by atoms with Gasteiger partial charge in [-0.1, -0.05) is 0 Å². The quantitative estimate of drug-likeness (QED) is 0.596. The molecule has 5 heteroatoms. The van der Waals surface area contributed by atoms with Crippen molar-refractivity contribution in [3.63, 3.8) is 0 Å². The van der Waals surface area contributed by atoms with Crippen molar-refractivity contribution < 1.29 is 19.8 Å². The van der Waals surface area contributed by atoms with Crippen molar-refractivity contribution >= 4 is 17.5 Å². The third kappa shape index (κ3) is 1.27. The van der Waals surface area contributed by atoms with Gasteiger partial charge in [0.1, 0.15) is 11.8 Å². The number of rotatable bonds is 1. The number of carboxylic acids is 1. The van der Waals surface area contributed by atoms with Crippen molar-refractivity contribution in [2.75, 3.05) is 0 Å². The summed E-state index contributed by atoms with van der Waals surface area (Å²) in [4.78, 5) is 25.4. The molecule has 1 atom stereocenters. The molecular formula is C9H7NO4. The molecule has 0 saturated heterocycles. The van der Waals surface area contributed by atoms with Crippen LogP contribution in [-0.2, 0) is 9.59 Å². The standard InChI is InChI=1S/C9H7NO4/c11-7-2-4-1-6(9(13)14)10-5(4)3-8(7)12/h1-2,8,12H,3H2,(H,13,14). The van der Waals surface area contributed by atoms with Crippen LogP contribution in [0.3, 0.4) is 0 Å². The summed E-state index contributed by atoms with van der Waals surface area (Å²) < 4.78 is 0. The van der Waals surface area contributed by atoms with E-state index in [2.05, 4.69) is 4.99 Å². The second-order valence-corrected chi connectivity index (χ2v) is 3.12. The summed E-state index contributed by atoms with van der Waals surface area (Å²) >= 11 is 0. The molecule has 0 fully saturated rings. The van der Waals surface area contributed by atoms with Crippen molar-refractivity contribution in [2.45, 2.75) is 12.5 Å². The van der Waals surface area contributed by atoms with Crippen molar-refractivity contribution in [1.82, 2.24) is 0 Å². The number of allylic oxidation sites excluding steroid dienone is 2. The first-order chi connectivity index (χ1) is 6.58. The lowest BCUT2D eigenvalue weighted by atomic mass is 9.95. The largest absolute Gasteiger partial charge is 0.477 e. The Morgan fingerprint density at radius 1 is 1.50 bits per heavy atom. The van der Waals surface area contributed by atoms with Crippen molar-refractivity contribution in [3.8, 4) is 0 Å². The Labute approximate surface area is 79.1 Å². The number of fused-ring (bicyclic) bond motifs is 1. The van der Waals surface area contributed by atoms with Gasteiger partial charge >= 0.3 is 5.97 Å². The molecule has 1 unspecified atom stereocenters. The second kappa shape index (κ2) is 2.88. The fraction of sp³-hybridized carbons (Fsp3) is 0.222. The Morgan fingerprint density at radius 3 is 2.86 bits per heavy atom.